The first-order valence-corrected chi connectivity index (χ1v) is 5.00. The fraction of sp³-hybridized carbons (Fsp3) is 0.417. The van der Waals surface area contributed by atoms with Gasteiger partial charge >= 0.3 is 5.97 Å². The van der Waals surface area contributed by atoms with Crippen molar-refractivity contribution >= 4 is 18.4 Å². The van der Waals surface area contributed by atoms with Crippen LogP contribution >= 0.6 is 12.4 Å². The molecule has 0 radical (unpaired) electrons. The number of halogens is 1. The average molecular weight is 244 g/mol. The highest BCUT2D eigenvalue weighted by atomic mass is 35.5. The van der Waals surface area contributed by atoms with Crippen molar-refractivity contribution in [3.63, 3.8) is 0 Å². The van der Waals surface area contributed by atoms with Crippen LogP contribution in [0, 0.1) is 13.8 Å². The van der Waals surface area contributed by atoms with Crippen molar-refractivity contribution in [2.45, 2.75) is 19.8 Å². The van der Waals surface area contributed by atoms with Gasteiger partial charge in [-0.2, -0.15) is 0 Å². The lowest BCUT2D eigenvalue weighted by Crippen LogP contribution is -2.24. The van der Waals surface area contributed by atoms with Crippen LogP contribution < -0.4 is 5.32 Å². The Bertz CT molecular complexity index is 366. The second-order valence-corrected chi connectivity index (χ2v) is 3.81. The number of carboxylic acids is 1. The highest BCUT2D eigenvalue weighted by molar-refractivity contribution is 5.85. The van der Waals surface area contributed by atoms with Crippen LogP contribution in [0.5, 0.6) is 0 Å². The molecule has 0 aliphatic heterocycles. The maximum absolute atomic E-state index is 11.1. The van der Waals surface area contributed by atoms with E-state index in [0.29, 0.717) is 6.54 Å². The quantitative estimate of drug-likeness (QED) is 0.852. The number of carboxylic acid groups (broad SMARTS) is 1. The third-order valence-electron chi connectivity index (χ3n) is 2.51. The van der Waals surface area contributed by atoms with E-state index in [1.165, 1.54) is 0 Å². The first-order valence-electron chi connectivity index (χ1n) is 5.00. The Hall–Kier alpha value is -1.06. The Balaban J connectivity index is 0.00000225. The minimum atomic E-state index is -0.781. The Kier molecular flexibility index (Phi) is 6.08. The van der Waals surface area contributed by atoms with Crippen LogP contribution in [-0.2, 0) is 4.79 Å². The normalized spacial score (nSPS) is 11.7. The van der Waals surface area contributed by atoms with Crippen LogP contribution in [0.1, 0.15) is 22.6 Å². The van der Waals surface area contributed by atoms with E-state index >= 15 is 0 Å². The predicted molar refractivity (Wildman–Crippen MR) is 67.5 cm³/mol. The van der Waals surface area contributed by atoms with Crippen molar-refractivity contribution in [1.82, 2.24) is 5.32 Å². The van der Waals surface area contributed by atoms with Crippen molar-refractivity contribution in [2.75, 3.05) is 13.6 Å². The van der Waals surface area contributed by atoms with Crippen molar-refractivity contribution in [3.8, 4) is 0 Å². The second-order valence-electron chi connectivity index (χ2n) is 3.81. The topological polar surface area (TPSA) is 49.3 Å². The van der Waals surface area contributed by atoms with Gasteiger partial charge in [0.2, 0.25) is 0 Å². The minimum Gasteiger partial charge on any atom is -0.481 e. The molecule has 0 saturated heterocycles. The van der Waals surface area contributed by atoms with Crippen molar-refractivity contribution < 1.29 is 9.90 Å². The Morgan fingerprint density at radius 2 is 2.06 bits per heavy atom. The van der Waals surface area contributed by atoms with Gasteiger partial charge in [-0.05, 0) is 32.0 Å². The standard InChI is InChI=1S/C12H17NO2.ClH/c1-8-4-5-10(9(2)6-8)11(7-13-3)12(14)15;/h4-6,11,13H,7H2,1-3H3,(H,14,15);1H. The summed E-state index contributed by atoms with van der Waals surface area (Å²) >= 11 is 0. The van der Waals surface area contributed by atoms with E-state index in [4.69, 9.17) is 5.11 Å². The lowest BCUT2D eigenvalue weighted by atomic mass is 9.93. The predicted octanol–water partition coefficient (Wildman–Crippen LogP) is 2.11. The number of nitrogens with one attached hydrogen (secondary N) is 1. The lowest BCUT2D eigenvalue weighted by Gasteiger charge is -2.15. The fourth-order valence-electron chi connectivity index (χ4n) is 1.75. The van der Waals surface area contributed by atoms with E-state index in [9.17, 15) is 4.79 Å². The van der Waals surface area contributed by atoms with Gasteiger partial charge in [0.1, 0.15) is 0 Å². The van der Waals surface area contributed by atoms with Crippen molar-refractivity contribution in [2.24, 2.45) is 0 Å². The summed E-state index contributed by atoms with van der Waals surface area (Å²) in [5.74, 6) is -1.24. The molecule has 0 spiro atoms. The van der Waals surface area contributed by atoms with Crippen LogP contribution in [0.4, 0.5) is 0 Å². The minimum absolute atomic E-state index is 0. The SMILES string of the molecule is CNCC(C(=O)O)c1ccc(C)cc1C.Cl. The monoisotopic (exact) mass is 243 g/mol. The van der Waals surface area contributed by atoms with Crippen molar-refractivity contribution in [3.05, 3.63) is 34.9 Å². The zero-order chi connectivity index (χ0) is 11.4. The summed E-state index contributed by atoms with van der Waals surface area (Å²) < 4.78 is 0. The molecule has 3 nitrogen and oxygen atoms in total. The van der Waals surface area contributed by atoms with E-state index in [-0.39, 0.29) is 12.4 Å². The van der Waals surface area contributed by atoms with E-state index in [0.717, 1.165) is 16.7 Å². The number of hydrogen-bond acceptors (Lipinski definition) is 2. The highest BCUT2D eigenvalue weighted by Crippen LogP contribution is 2.20. The molecular weight excluding hydrogens is 226 g/mol. The highest BCUT2D eigenvalue weighted by Gasteiger charge is 2.20. The molecule has 0 bridgehead atoms. The molecule has 0 aliphatic carbocycles. The molecule has 0 aromatic heterocycles. The zero-order valence-electron chi connectivity index (χ0n) is 9.78. The van der Waals surface area contributed by atoms with E-state index < -0.39 is 11.9 Å². The smallest absolute Gasteiger partial charge is 0.312 e. The Morgan fingerprint density at radius 1 is 1.44 bits per heavy atom. The van der Waals surface area contributed by atoms with Crippen LogP contribution in [0.3, 0.4) is 0 Å². The second kappa shape index (κ2) is 6.51. The third-order valence-corrected chi connectivity index (χ3v) is 2.51. The van der Waals surface area contributed by atoms with Gasteiger partial charge in [-0.25, -0.2) is 0 Å². The summed E-state index contributed by atoms with van der Waals surface area (Å²) in [4.78, 5) is 11.1. The van der Waals surface area contributed by atoms with Crippen LogP contribution in [0.2, 0.25) is 0 Å². The van der Waals surface area contributed by atoms with Gasteiger partial charge in [-0.3, -0.25) is 4.79 Å². The first kappa shape index (κ1) is 14.9. The third kappa shape index (κ3) is 3.51. The number of carbonyl (C=O) groups is 1. The van der Waals surface area contributed by atoms with Gasteiger partial charge in [0.25, 0.3) is 0 Å². The molecular formula is C12H18ClNO2. The summed E-state index contributed by atoms with van der Waals surface area (Å²) in [5.41, 5.74) is 3.09. The van der Waals surface area contributed by atoms with Gasteiger partial charge in [-0.1, -0.05) is 23.8 Å². The lowest BCUT2D eigenvalue weighted by molar-refractivity contribution is -0.138. The number of aryl methyl sites for hydroxylation is 2. The van der Waals surface area contributed by atoms with Crippen LogP contribution in [-0.4, -0.2) is 24.7 Å². The van der Waals surface area contributed by atoms with Gasteiger partial charge in [0, 0.05) is 6.54 Å². The molecule has 90 valence electrons. The average Bonchev–Trinajstić information content (AvgIpc) is 2.15. The summed E-state index contributed by atoms with van der Waals surface area (Å²) in [6.45, 7) is 4.41. The molecule has 0 heterocycles. The number of likely N-dealkylation sites (N-methyl/N-ethyl adjacent to an activating group) is 1. The largest absolute Gasteiger partial charge is 0.481 e. The molecule has 1 unspecified atom stereocenters. The summed E-state index contributed by atoms with van der Waals surface area (Å²) in [7, 11) is 1.76. The summed E-state index contributed by atoms with van der Waals surface area (Å²) in [5, 5.41) is 12.0. The Labute approximate surface area is 102 Å². The molecule has 0 saturated carbocycles. The zero-order valence-corrected chi connectivity index (χ0v) is 10.6. The number of rotatable bonds is 4. The summed E-state index contributed by atoms with van der Waals surface area (Å²) in [6.07, 6.45) is 0. The molecule has 0 amide bonds. The molecule has 1 aromatic rings. The molecule has 4 heteroatoms. The van der Waals surface area contributed by atoms with Gasteiger partial charge in [0.05, 0.1) is 5.92 Å². The summed E-state index contributed by atoms with van der Waals surface area (Å²) in [6, 6.07) is 5.87. The van der Waals surface area contributed by atoms with E-state index in [1.54, 1.807) is 7.05 Å². The maximum atomic E-state index is 11.1. The number of aliphatic carboxylic acids is 1. The molecule has 1 aromatic carbocycles. The number of benzene rings is 1. The van der Waals surface area contributed by atoms with Crippen LogP contribution in [0.15, 0.2) is 18.2 Å². The van der Waals surface area contributed by atoms with Gasteiger partial charge in [0.15, 0.2) is 0 Å². The molecule has 1 atom stereocenters. The molecule has 0 aliphatic rings. The fourth-order valence-corrected chi connectivity index (χ4v) is 1.75. The molecule has 16 heavy (non-hydrogen) atoms. The van der Waals surface area contributed by atoms with E-state index in [2.05, 4.69) is 5.32 Å². The Morgan fingerprint density at radius 3 is 2.50 bits per heavy atom. The molecule has 0 fully saturated rings. The van der Waals surface area contributed by atoms with Crippen molar-refractivity contribution in [1.29, 1.82) is 0 Å². The van der Waals surface area contributed by atoms with Gasteiger partial charge < -0.3 is 10.4 Å². The van der Waals surface area contributed by atoms with Gasteiger partial charge in [-0.15, -0.1) is 12.4 Å². The first-order chi connectivity index (χ1) is 7.06. The van der Waals surface area contributed by atoms with Crippen LogP contribution in [0.25, 0.3) is 0 Å². The molecule has 2 N–H and O–H groups in total. The molecule has 1 rings (SSSR count). The number of hydrogen-bond donors (Lipinski definition) is 2. The maximum Gasteiger partial charge on any atom is 0.312 e. The van der Waals surface area contributed by atoms with E-state index in [1.807, 2.05) is 32.0 Å².